The summed E-state index contributed by atoms with van der Waals surface area (Å²) in [5, 5.41) is 5.99. The smallest absolute Gasteiger partial charge is 0.267 e. The Morgan fingerprint density at radius 2 is 1.74 bits per heavy atom. The van der Waals surface area contributed by atoms with Crippen LogP contribution in [-0.4, -0.2) is 39.1 Å². The largest absolute Gasteiger partial charge is 0.476 e. The van der Waals surface area contributed by atoms with E-state index in [9.17, 15) is 18.0 Å². The molecule has 3 aromatic rings. The quantitative estimate of drug-likeness (QED) is 0.518. The number of carbonyl (C=O) groups excluding carboxylic acids is 2. The number of sulfonamides is 1. The van der Waals surface area contributed by atoms with Crippen LogP contribution in [-0.2, 0) is 14.8 Å². The van der Waals surface area contributed by atoms with E-state index in [0.717, 1.165) is 16.1 Å². The van der Waals surface area contributed by atoms with Gasteiger partial charge in [0.25, 0.3) is 11.8 Å². The molecule has 1 heterocycles. The first-order valence-electron chi connectivity index (χ1n) is 10.8. The van der Waals surface area contributed by atoms with Crippen molar-refractivity contribution in [3.05, 3.63) is 88.9 Å². The minimum atomic E-state index is -3.71. The molecule has 10 heteroatoms. The van der Waals surface area contributed by atoms with Gasteiger partial charge >= 0.3 is 0 Å². The first-order valence-corrected chi connectivity index (χ1v) is 13.1. The van der Waals surface area contributed by atoms with Crippen LogP contribution in [0.3, 0.4) is 0 Å². The zero-order valence-electron chi connectivity index (χ0n) is 19.1. The monoisotopic (exact) mass is 513 g/mol. The van der Waals surface area contributed by atoms with E-state index in [-0.39, 0.29) is 41.2 Å². The van der Waals surface area contributed by atoms with E-state index in [4.69, 9.17) is 16.3 Å². The average molecular weight is 514 g/mol. The van der Waals surface area contributed by atoms with Crippen molar-refractivity contribution < 1.29 is 22.7 Å². The van der Waals surface area contributed by atoms with Crippen molar-refractivity contribution in [3.8, 4) is 5.75 Å². The van der Waals surface area contributed by atoms with Gasteiger partial charge in [-0.15, -0.1) is 0 Å². The zero-order chi connectivity index (χ0) is 25.2. The lowest BCUT2D eigenvalue weighted by molar-refractivity contribution is -0.122. The third-order valence-corrected chi connectivity index (χ3v) is 6.94. The second-order valence-corrected chi connectivity index (χ2v) is 10.5. The fraction of sp³-hybridized carbons (Fsp3) is 0.200. The highest BCUT2D eigenvalue weighted by Gasteiger charge is 2.35. The van der Waals surface area contributed by atoms with Gasteiger partial charge in [-0.3, -0.25) is 13.9 Å². The number of carbonyl (C=O) groups is 2. The molecule has 0 unspecified atom stereocenters. The minimum Gasteiger partial charge on any atom is -0.476 e. The summed E-state index contributed by atoms with van der Waals surface area (Å²) in [4.78, 5) is 26.1. The van der Waals surface area contributed by atoms with Crippen molar-refractivity contribution in [1.29, 1.82) is 0 Å². The van der Waals surface area contributed by atoms with Crippen LogP contribution in [0.15, 0.2) is 72.8 Å². The molecule has 0 bridgehead atoms. The normalized spacial score (nSPS) is 16.0. The van der Waals surface area contributed by atoms with E-state index in [1.165, 1.54) is 12.1 Å². The van der Waals surface area contributed by atoms with E-state index in [2.05, 4.69) is 10.6 Å². The van der Waals surface area contributed by atoms with Gasteiger partial charge in [-0.05, 0) is 42.8 Å². The second kappa shape index (κ2) is 9.97. The van der Waals surface area contributed by atoms with Crippen LogP contribution in [0, 0.1) is 0 Å². The van der Waals surface area contributed by atoms with Gasteiger partial charge in [-0.25, -0.2) is 8.42 Å². The number of para-hydroxylation sites is 1. The number of anilines is 2. The standard InChI is InChI=1S/C25H24ClN3O5S/c1-16(17-8-4-3-5-9-17)27-24(30)19-10-6-7-11-20(19)28-25(31)23-15-29(35(2,32)33)21-14-18(26)12-13-22(21)34-23/h3-14,16,23H,15H2,1-2H3,(H,27,30)(H,28,31)/t16-,23+/m0/s1. The molecule has 182 valence electrons. The van der Waals surface area contributed by atoms with Gasteiger partial charge in [0, 0.05) is 5.02 Å². The Morgan fingerprint density at radius 1 is 1.06 bits per heavy atom. The Morgan fingerprint density at radius 3 is 2.46 bits per heavy atom. The molecule has 2 amide bonds. The number of ether oxygens (including phenoxy) is 1. The van der Waals surface area contributed by atoms with Crippen LogP contribution in [0.4, 0.5) is 11.4 Å². The minimum absolute atomic E-state index is 0.217. The summed E-state index contributed by atoms with van der Waals surface area (Å²) in [6.07, 6.45) is -0.0938. The number of nitrogens with zero attached hydrogens (tertiary/aromatic N) is 1. The summed E-state index contributed by atoms with van der Waals surface area (Å²) in [7, 11) is -3.71. The first-order chi connectivity index (χ1) is 16.6. The highest BCUT2D eigenvalue weighted by Crippen LogP contribution is 2.37. The molecule has 2 atom stereocenters. The van der Waals surface area contributed by atoms with Crippen LogP contribution >= 0.6 is 11.6 Å². The maximum absolute atomic E-state index is 13.1. The fourth-order valence-corrected chi connectivity index (χ4v) is 4.85. The number of nitrogens with one attached hydrogen (secondary N) is 2. The number of halogens is 1. The number of hydrogen-bond acceptors (Lipinski definition) is 5. The Labute approximate surface area is 208 Å². The molecule has 0 fully saturated rings. The Hall–Kier alpha value is -3.56. The number of benzene rings is 3. The van der Waals surface area contributed by atoms with Crippen LogP contribution < -0.4 is 19.7 Å². The Balaban J connectivity index is 1.54. The van der Waals surface area contributed by atoms with Crippen molar-refractivity contribution in [2.24, 2.45) is 0 Å². The molecule has 0 saturated heterocycles. The highest BCUT2D eigenvalue weighted by atomic mass is 35.5. The molecule has 35 heavy (non-hydrogen) atoms. The van der Waals surface area contributed by atoms with Crippen molar-refractivity contribution in [1.82, 2.24) is 5.32 Å². The third-order valence-electron chi connectivity index (χ3n) is 5.56. The summed E-state index contributed by atoms with van der Waals surface area (Å²) >= 11 is 6.03. The lowest BCUT2D eigenvalue weighted by Gasteiger charge is -2.34. The summed E-state index contributed by atoms with van der Waals surface area (Å²) in [5.74, 6) is -0.732. The van der Waals surface area contributed by atoms with Crippen LogP contribution in [0.1, 0.15) is 28.9 Å². The molecule has 4 rings (SSSR count). The van der Waals surface area contributed by atoms with Gasteiger partial charge < -0.3 is 15.4 Å². The van der Waals surface area contributed by atoms with E-state index >= 15 is 0 Å². The first kappa shape index (κ1) is 24.6. The predicted molar refractivity (Wildman–Crippen MR) is 135 cm³/mol. The van der Waals surface area contributed by atoms with Crippen molar-refractivity contribution in [3.63, 3.8) is 0 Å². The number of amides is 2. The summed E-state index contributed by atoms with van der Waals surface area (Å²) < 4.78 is 31.7. The van der Waals surface area contributed by atoms with E-state index in [1.54, 1.807) is 30.3 Å². The molecule has 1 aliphatic heterocycles. The topological polar surface area (TPSA) is 105 Å². The van der Waals surface area contributed by atoms with E-state index in [1.807, 2.05) is 37.3 Å². The van der Waals surface area contributed by atoms with Crippen molar-refractivity contribution in [2.75, 3.05) is 22.4 Å². The molecule has 0 saturated carbocycles. The van der Waals surface area contributed by atoms with E-state index in [0.29, 0.717) is 5.02 Å². The van der Waals surface area contributed by atoms with Gasteiger partial charge in [0.15, 0.2) is 6.10 Å². The molecule has 0 radical (unpaired) electrons. The third kappa shape index (κ3) is 5.58. The molecular formula is C25H24ClN3O5S. The van der Waals surface area contributed by atoms with Crippen molar-refractivity contribution in [2.45, 2.75) is 19.1 Å². The molecule has 0 spiro atoms. The fourth-order valence-electron chi connectivity index (χ4n) is 3.78. The summed E-state index contributed by atoms with van der Waals surface area (Å²) in [6, 6.07) is 20.4. The second-order valence-electron chi connectivity index (χ2n) is 8.15. The van der Waals surface area contributed by atoms with Gasteiger partial charge in [0.05, 0.1) is 35.8 Å². The van der Waals surface area contributed by atoms with Gasteiger partial charge in [0.1, 0.15) is 5.75 Å². The lowest BCUT2D eigenvalue weighted by atomic mass is 10.1. The van der Waals surface area contributed by atoms with E-state index < -0.39 is 22.0 Å². The average Bonchev–Trinajstić information content (AvgIpc) is 2.83. The number of hydrogen-bond donors (Lipinski definition) is 2. The maximum Gasteiger partial charge on any atom is 0.267 e. The molecule has 1 aliphatic rings. The van der Waals surface area contributed by atoms with Gasteiger partial charge in [0.2, 0.25) is 10.0 Å². The summed E-state index contributed by atoms with van der Waals surface area (Å²) in [5.41, 5.74) is 1.76. The van der Waals surface area contributed by atoms with Crippen LogP contribution in [0.25, 0.3) is 0 Å². The van der Waals surface area contributed by atoms with Gasteiger partial charge in [-0.2, -0.15) is 0 Å². The molecule has 8 nitrogen and oxygen atoms in total. The SMILES string of the molecule is C[C@H](NC(=O)c1ccccc1NC(=O)[C@H]1CN(S(C)(=O)=O)c2cc(Cl)ccc2O1)c1ccccc1. The van der Waals surface area contributed by atoms with Crippen molar-refractivity contribution >= 4 is 44.8 Å². The van der Waals surface area contributed by atoms with Gasteiger partial charge in [-0.1, -0.05) is 54.1 Å². The maximum atomic E-state index is 13.1. The molecule has 0 aromatic heterocycles. The zero-order valence-corrected chi connectivity index (χ0v) is 20.6. The molecule has 0 aliphatic carbocycles. The highest BCUT2D eigenvalue weighted by molar-refractivity contribution is 7.92. The van der Waals surface area contributed by atoms with Crippen LogP contribution in [0.2, 0.25) is 5.02 Å². The molecular weight excluding hydrogens is 490 g/mol. The Bertz CT molecular complexity index is 1360. The number of rotatable bonds is 6. The van der Waals surface area contributed by atoms with Crippen LogP contribution in [0.5, 0.6) is 5.75 Å². The molecule has 2 N–H and O–H groups in total. The predicted octanol–water partition coefficient (Wildman–Crippen LogP) is 4.00. The number of fused-ring (bicyclic) bond motifs is 1. The summed E-state index contributed by atoms with van der Waals surface area (Å²) in [6.45, 7) is 1.63. The lowest BCUT2D eigenvalue weighted by Crippen LogP contribution is -2.48. The Kier molecular flexibility index (Phi) is 7.00. The molecule has 3 aromatic carbocycles.